The second kappa shape index (κ2) is 8.09. The van der Waals surface area contributed by atoms with E-state index < -0.39 is 0 Å². The summed E-state index contributed by atoms with van der Waals surface area (Å²) < 4.78 is 4.96. The lowest BCUT2D eigenvalue weighted by atomic mass is 10.2. The van der Waals surface area contributed by atoms with E-state index in [1.165, 1.54) is 0 Å². The van der Waals surface area contributed by atoms with Gasteiger partial charge in [-0.15, -0.1) is 0 Å². The van der Waals surface area contributed by atoms with Gasteiger partial charge in [0.1, 0.15) is 5.69 Å². The van der Waals surface area contributed by atoms with Crippen molar-refractivity contribution in [2.45, 2.75) is 13.5 Å². The number of methoxy groups -OCH3 is 1. The molecule has 6 nitrogen and oxygen atoms in total. The highest BCUT2D eigenvalue weighted by atomic mass is 16.5. The number of benzene rings is 1. The number of rotatable bonds is 7. The molecule has 22 heavy (non-hydrogen) atoms. The predicted molar refractivity (Wildman–Crippen MR) is 84.7 cm³/mol. The van der Waals surface area contributed by atoms with Crippen molar-refractivity contribution < 1.29 is 9.53 Å². The highest BCUT2D eigenvalue weighted by Crippen LogP contribution is 2.05. The van der Waals surface area contributed by atoms with Gasteiger partial charge in [0.25, 0.3) is 5.91 Å². The van der Waals surface area contributed by atoms with Crippen LogP contribution in [-0.2, 0) is 11.3 Å². The molecular formula is C16H20N4O2. The van der Waals surface area contributed by atoms with Crippen LogP contribution in [0.25, 0.3) is 0 Å². The first-order valence-corrected chi connectivity index (χ1v) is 7.09. The van der Waals surface area contributed by atoms with Gasteiger partial charge in [-0.2, -0.15) is 0 Å². The van der Waals surface area contributed by atoms with Crippen LogP contribution < -0.4 is 10.6 Å². The van der Waals surface area contributed by atoms with Gasteiger partial charge in [-0.05, 0) is 18.6 Å². The number of amides is 1. The molecule has 1 aromatic carbocycles. The molecule has 0 saturated heterocycles. The van der Waals surface area contributed by atoms with Crippen molar-refractivity contribution in [1.29, 1.82) is 0 Å². The highest BCUT2D eigenvalue weighted by molar-refractivity contribution is 5.92. The van der Waals surface area contributed by atoms with Crippen LogP contribution in [0, 0.1) is 6.92 Å². The minimum absolute atomic E-state index is 0.218. The minimum Gasteiger partial charge on any atom is -0.383 e. The van der Waals surface area contributed by atoms with Crippen molar-refractivity contribution in [1.82, 2.24) is 15.3 Å². The number of aryl methyl sites for hydroxylation is 1. The monoisotopic (exact) mass is 300 g/mol. The normalized spacial score (nSPS) is 10.3. The van der Waals surface area contributed by atoms with Crippen molar-refractivity contribution >= 4 is 11.9 Å². The lowest BCUT2D eigenvalue weighted by molar-refractivity contribution is 0.0945. The first-order valence-electron chi connectivity index (χ1n) is 7.09. The summed E-state index contributed by atoms with van der Waals surface area (Å²) in [6, 6.07) is 11.4. The number of aromatic nitrogens is 2. The van der Waals surface area contributed by atoms with Crippen LogP contribution in [0.5, 0.6) is 0 Å². The summed E-state index contributed by atoms with van der Waals surface area (Å²) in [4.78, 5) is 20.7. The number of hydrogen-bond acceptors (Lipinski definition) is 5. The first-order chi connectivity index (χ1) is 10.7. The highest BCUT2D eigenvalue weighted by Gasteiger charge is 2.10. The van der Waals surface area contributed by atoms with Gasteiger partial charge < -0.3 is 15.4 Å². The number of nitrogens with zero attached hydrogens (tertiary/aromatic N) is 2. The first kappa shape index (κ1) is 15.9. The Bertz CT molecular complexity index is 617. The van der Waals surface area contributed by atoms with E-state index >= 15 is 0 Å². The second-order valence-electron chi connectivity index (χ2n) is 4.81. The van der Waals surface area contributed by atoms with Gasteiger partial charge in [0, 0.05) is 25.9 Å². The molecule has 0 unspecified atom stereocenters. The summed E-state index contributed by atoms with van der Waals surface area (Å²) >= 11 is 0. The molecule has 0 aliphatic rings. The smallest absolute Gasteiger partial charge is 0.270 e. The average Bonchev–Trinajstić information content (AvgIpc) is 2.53. The molecular weight excluding hydrogens is 280 g/mol. The number of anilines is 1. The summed E-state index contributed by atoms with van der Waals surface area (Å²) in [7, 11) is 1.63. The number of carbonyl (C=O) groups excluding carboxylic acids is 1. The second-order valence-corrected chi connectivity index (χ2v) is 4.81. The Morgan fingerprint density at radius 3 is 2.73 bits per heavy atom. The van der Waals surface area contributed by atoms with E-state index in [-0.39, 0.29) is 5.91 Å². The Morgan fingerprint density at radius 2 is 2.00 bits per heavy atom. The van der Waals surface area contributed by atoms with Crippen LogP contribution in [0.4, 0.5) is 5.95 Å². The Morgan fingerprint density at radius 1 is 1.23 bits per heavy atom. The summed E-state index contributed by atoms with van der Waals surface area (Å²) in [5.74, 6) is 0.214. The molecule has 0 aliphatic heterocycles. The van der Waals surface area contributed by atoms with E-state index in [9.17, 15) is 4.79 Å². The largest absolute Gasteiger partial charge is 0.383 e. The van der Waals surface area contributed by atoms with E-state index in [1.807, 2.05) is 37.3 Å². The average molecular weight is 300 g/mol. The summed E-state index contributed by atoms with van der Waals surface area (Å²) in [5.41, 5.74) is 2.13. The van der Waals surface area contributed by atoms with Crippen molar-refractivity contribution in [3.8, 4) is 0 Å². The minimum atomic E-state index is -0.218. The fourth-order valence-electron chi connectivity index (χ4n) is 1.90. The predicted octanol–water partition coefficient (Wildman–Crippen LogP) is 1.77. The molecule has 0 radical (unpaired) electrons. The Hall–Kier alpha value is -2.47. The molecule has 2 N–H and O–H groups in total. The van der Waals surface area contributed by atoms with E-state index in [0.29, 0.717) is 31.3 Å². The van der Waals surface area contributed by atoms with Crippen LogP contribution in [0.15, 0.2) is 36.4 Å². The lowest BCUT2D eigenvalue weighted by Crippen LogP contribution is -2.24. The zero-order chi connectivity index (χ0) is 15.8. The van der Waals surface area contributed by atoms with Crippen LogP contribution in [0.2, 0.25) is 0 Å². The van der Waals surface area contributed by atoms with E-state index in [4.69, 9.17) is 4.74 Å². The van der Waals surface area contributed by atoms with Gasteiger partial charge in [-0.3, -0.25) is 4.79 Å². The fourth-order valence-corrected chi connectivity index (χ4v) is 1.90. The Labute approximate surface area is 129 Å². The van der Waals surface area contributed by atoms with Crippen molar-refractivity contribution in [3.05, 3.63) is 53.3 Å². The third-order valence-electron chi connectivity index (χ3n) is 2.97. The van der Waals surface area contributed by atoms with Crippen LogP contribution in [0.1, 0.15) is 21.7 Å². The molecule has 2 aromatic rings. The molecule has 0 atom stereocenters. The summed E-state index contributed by atoms with van der Waals surface area (Å²) in [6.45, 7) is 3.43. The number of ether oxygens (including phenoxy) is 1. The topological polar surface area (TPSA) is 76.1 Å². The lowest BCUT2D eigenvalue weighted by Gasteiger charge is -2.08. The van der Waals surface area contributed by atoms with Gasteiger partial charge >= 0.3 is 0 Å². The summed E-state index contributed by atoms with van der Waals surface area (Å²) in [5, 5.41) is 5.88. The molecule has 0 spiro atoms. The molecule has 1 aromatic heterocycles. The van der Waals surface area contributed by atoms with Gasteiger partial charge in [-0.25, -0.2) is 9.97 Å². The Balaban J connectivity index is 1.99. The van der Waals surface area contributed by atoms with E-state index in [2.05, 4.69) is 20.6 Å². The Kier molecular flexibility index (Phi) is 5.85. The quantitative estimate of drug-likeness (QED) is 0.762. The fraction of sp³-hybridized carbons (Fsp3) is 0.312. The molecule has 1 heterocycles. The third-order valence-corrected chi connectivity index (χ3v) is 2.97. The zero-order valence-electron chi connectivity index (χ0n) is 12.8. The van der Waals surface area contributed by atoms with Crippen LogP contribution >= 0.6 is 0 Å². The standard InChI is InChI=1S/C16H20N4O2/c1-12-10-14(20-16(19-12)17-8-9-22-2)15(21)18-11-13-6-4-3-5-7-13/h3-7,10H,8-9,11H2,1-2H3,(H,18,21)(H,17,19,20). The van der Waals surface area contributed by atoms with Gasteiger partial charge in [-0.1, -0.05) is 30.3 Å². The van der Waals surface area contributed by atoms with Crippen molar-refractivity contribution in [3.63, 3.8) is 0 Å². The van der Waals surface area contributed by atoms with Crippen molar-refractivity contribution in [2.75, 3.05) is 25.6 Å². The maximum Gasteiger partial charge on any atom is 0.270 e. The summed E-state index contributed by atoms with van der Waals surface area (Å²) in [6.07, 6.45) is 0. The number of carbonyl (C=O) groups is 1. The molecule has 0 fully saturated rings. The zero-order valence-corrected chi connectivity index (χ0v) is 12.8. The SMILES string of the molecule is COCCNc1nc(C)cc(C(=O)NCc2ccccc2)n1. The number of hydrogen-bond donors (Lipinski definition) is 2. The van der Waals surface area contributed by atoms with Gasteiger partial charge in [0.05, 0.1) is 6.61 Å². The molecule has 0 bridgehead atoms. The third kappa shape index (κ3) is 4.82. The maximum absolute atomic E-state index is 12.2. The number of nitrogens with one attached hydrogen (secondary N) is 2. The van der Waals surface area contributed by atoms with Crippen molar-refractivity contribution in [2.24, 2.45) is 0 Å². The molecule has 6 heteroatoms. The van der Waals surface area contributed by atoms with Crippen LogP contribution in [-0.4, -0.2) is 36.1 Å². The van der Waals surface area contributed by atoms with E-state index in [0.717, 1.165) is 11.3 Å². The van der Waals surface area contributed by atoms with Gasteiger partial charge in [0.2, 0.25) is 5.95 Å². The van der Waals surface area contributed by atoms with Gasteiger partial charge in [0.15, 0.2) is 0 Å². The molecule has 116 valence electrons. The molecule has 1 amide bonds. The van der Waals surface area contributed by atoms with E-state index in [1.54, 1.807) is 13.2 Å². The maximum atomic E-state index is 12.2. The molecule has 0 aliphatic carbocycles. The molecule has 0 saturated carbocycles. The molecule has 2 rings (SSSR count). The van der Waals surface area contributed by atoms with Crippen LogP contribution in [0.3, 0.4) is 0 Å².